The number of hydrogen-bond acceptors (Lipinski definition) is 7. The van der Waals surface area contributed by atoms with Gasteiger partial charge in [0.15, 0.2) is 23.0 Å². The quantitative estimate of drug-likeness (QED) is 0.814. The number of phenols is 1. The fraction of sp³-hybridized carbons (Fsp3) is 0.400. The monoisotopic (exact) mass is 409 g/mol. The number of alkyl halides is 2. The summed E-state index contributed by atoms with van der Waals surface area (Å²) >= 11 is 0. The van der Waals surface area contributed by atoms with Crippen molar-refractivity contribution in [3.63, 3.8) is 0 Å². The summed E-state index contributed by atoms with van der Waals surface area (Å²) in [7, 11) is 3.06. The number of ether oxygens (including phenoxy) is 5. The van der Waals surface area contributed by atoms with Gasteiger partial charge in [-0.2, -0.15) is 0 Å². The zero-order chi connectivity index (χ0) is 20.6. The zero-order valence-electron chi connectivity index (χ0n) is 16.0. The molecule has 0 radical (unpaired) electrons. The fourth-order valence-electron chi connectivity index (χ4n) is 3.74. The summed E-state index contributed by atoms with van der Waals surface area (Å²) < 4.78 is 52.5. The number of phenolic OH excluding ortho intramolecular Hbond substituents is 1. The average molecular weight is 409 g/mol. The first-order valence-electron chi connectivity index (χ1n) is 9.09. The van der Waals surface area contributed by atoms with Crippen molar-refractivity contribution in [3.05, 3.63) is 41.5 Å². The van der Waals surface area contributed by atoms with Gasteiger partial charge in [-0.1, -0.05) is 12.1 Å². The van der Waals surface area contributed by atoms with Crippen LogP contribution in [0.15, 0.2) is 30.3 Å². The number of halogens is 2. The Balaban J connectivity index is 1.86. The lowest BCUT2D eigenvalue weighted by atomic mass is 9.94. The van der Waals surface area contributed by atoms with Gasteiger partial charge in [-0.15, -0.1) is 8.78 Å². The van der Waals surface area contributed by atoms with Crippen molar-refractivity contribution < 1.29 is 37.6 Å². The molecule has 1 saturated heterocycles. The number of nitrogens with zero attached hydrogens (tertiary/aromatic N) is 1. The molecule has 0 bridgehead atoms. The highest BCUT2D eigenvalue weighted by molar-refractivity contribution is 5.57. The van der Waals surface area contributed by atoms with Crippen LogP contribution in [0.5, 0.6) is 28.7 Å². The number of para-hydroxylation sites is 1. The smallest absolute Gasteiger partial charge is 0.507 e. The van der Waals surface area contributed by atoms with Crippen LogP contribution >= 0.6 is 0 Å². The molecular weight excluding hydrogens is 388 g/mol. The second-order valence-electron chi connectivity index (χ2n) is 6.66. The SMILES string of the molecule is COc1cccc(C(c2cc3c(cc2O)OC(F)(F)O3)N2CCOCC2)c1OC. The normalized spacial score (nSPS) is 19.0. The van der Waals surface area contributed by atoms with Crippen LogP contribution < -0.4 is 18.9 Å². The van der Waals surface area contributed by atoms with E-state index in [-0.39, 0.29) is 17.2 Å². The molecule has 29 heavy (non-hydrogen) atoms. The minimum atomic E-state index is -3.77. The molecule has 0 aromatic heterocycles. The maximum Gasteiger partial charge on any atom is 0.586 e. The highest BCUT2D eigenvalue weighted by Crippen LogP contribution is 2.49. The number of fused-ring (bicyclic) bond motifs is 1. The van der Waals surface area contributed by atoms with E-state index in [9.17, 15) is 13.9 Å². The maximum absolute atomic E-state index is 13.5. The van der Waals surface area contributed by atoms with E-state index in [0.29, 0.717) is 43.4 Å². The summed E-state index contributed by atoms with van der Waals surface area (Å²) in [5.74, 6) is 0.479. The highest BCUT2D eigenvalue weighted by Gasteiger charge is 2.44. The van der Waals surface area contributed by atoms with Crippen LogP contribution in [0.1, 0.15) is 17.2 Å². The van der Waals surface area contributed by atoms with E-state index >= 15 is 0 Å². The summed E-state index contributed by atoms with van der Waals surface area (Å²) in [5, 5.41) is 10.7. The number of rotatable bonds is 5. The maximum atomic E-state index is 13.5. The van der Waals surface area contributed by atoms with Gasteiger partial charge in [-0.05, 0) is 12.1 Å². The molecule has 0 saturated carbocycles. The standard InChI is InChI=1S/C20H21F2NO6/c1-25-15-5-3-4-12(19(15)26-2)18(23-6-8-27-9-7-23)13-10-16-17(11-14(13)24)29-20(21,22)28-16/h3-5,10-11,18,24H,6-9H2,1-2H3. The van der Waals surface area contributed by atoms with E-state index in [0.717, 1.165) is 11.6 Å². The minimum Gasteiger partial charge on any atom is -0.507 e. The van der Waals surface area contributed by atoms with Gasteiger partial charge < -0.3 is 28.8 Å². The number of morpholine rings is 1. The van der Waals surface area contributed by atoms with Crippen LogP contribution in [0, 0.1) is 0 Å². The van der Waals surface area contributed by atoms with Crippen LogP contribution in [0.2, 0.25) is 0 Å². The van der Waals surface area contributed by atoms with Gasteiger partial charge in [-0.25, -0.2) is 0 Å². The summed E-state index contributed by atoms with van der Waals surface area (Å²) in [6.45, 7) is 2.17. The molecule has 1 atom stereocenters. The number of hydrogen-bond donors (Lipinski definition) is 1. The van der Waals surface area contributed by atoms with Crippen molar-refractivity contribution in [2.75, 3.05) is 40.5 Å². The van der Waals surface area contributed by atoms with Crippen molar-refractivity contribution in [3.8, 4) is 28.7 Å². The topological polar surface area (TPSA) is 69.6 Å². The number of aromatic hydroxyl groups is 1. The summed E-state index contributed by atoms with van der Waals surface area (Å²) in [6, 6.07) is 7.43. The lowest BCUT2D eigenvalue weighted by molar-refractivity contribution is -0.286. The molecule has 2 aromatic carbocycles. The van der Waals surface area contributed by atoms with E-state index in [1.807, 2.05) is 12.1 Å². The Morgan fingerprint density at radius 2 is 1.72 bits per heavy atom. The first-order valence-corrected chi connectivity index (χ1v) is 9.09. The minimum absolute atomic E-state index is 0.136. The molecule has 1 unspecified atom stereocenters. The van der Waals surface area contributed by atoms with Crippen molar-refractivity contribution in [1.82, 2.24) is 4.90 Å². The molecule has 4 rings (SSSR count). The second-order valence-corrected chi connectivity index (χ2v) is 6.66. The summed E-state index contributed by atoms with van der Waals surface area (Å²) in [5.41, 5.74) is 1.10. The third kappa shape index (κ3) is 3.63. The van der Waals surface area contributed by atoms with Crippen LogP contribution in [-0.4, -0.2) is 56.8 Å². The summed E-state index contributed by atoms with van der Waals surface area (Å²) in [6.07, 6.45) is -3.77. The molecule has 1 N–H and O–H groups in total. The van der Waals surface area contributed by atoms with Gasteiger partial charge in [0.05, 0.1) is 33.5 Å². The Kier molecular flexibility index (Phi) is 5.10. The Bertz CT molecular complexity index is 901. The van der Waals surface area contributed by atoms with E-state index in [4.69, 9.17) is 14.2 Å². The zero-order valence-corrected chi connectivity index (χ0v) is 16.0. The van der Waals surface area contributed by atoms with Gasteiger partial charge in [0.2, 0.25) is 0 Å². The van der Waals surface area contributed by atoms with Crippen LogP contribution in [0.4, 0.5) is 8.78 Å². The van der Waals surface area contributed by atoms with Gasteiger partial charge in [0, 0.05) is 30.3 Å². The van der Waals surface area contributed by atoms with Crippen LogP contribution in [0.25, 0.3) is 0 Å². The molecule has 2 aromatic rings. The van der Waals surface area contributed by atoms with E-state index in [2.05, 4.69) is 14.4 Å². The Morgan fingerprint density at radius 1 is 1.03 bits per heavy atom. The largest absolute Gasteiger partial charge is 0.586 e. The number of benzene rings is 2. The Labute approximate surface area is 166 Å². The predicted molar refractivity (Wildman–Crippen MR) is 98.1 cm³/mol. The molecule has 2 aliphatic rings. The van der Waals surface area contributed by atoms with Crippen LogP contribution in [0.3, 0.4) is 0 Å². The van der Waals surface area contributed by atoms with Crippen molar-refractivity contribution in [2.45, 2.75) is 12.3 Å². The molecule has 2 aliphatic heterocycles. The number of methoxy groups -OCH3 is 2. The molecule has 156 valence electrons. The van der Waals surface area contributed by atoms with E-state index in [1.165, 1.54) is 20.3 Å². The molecule has 1 fully saturated rings. The molecule has 0 aliphatic carbocycles. The predicted octanol–water partition coefficient (Wildman–Crippen LogP) is 3.15. The van der Waals surface area contributed by atoms with Crippen molar-refractivity contribution >= 4 is 0 Å². The first-order chi connectivity index (χ1) is 13.9. The third-order valence-electron chi connectivity index (χ3n) is 4.98. The van der Waals surface area contributed by atoms with Crippen LogP contribution in [-0.2, 0) is 4.74 Å². The molecule has 9 heteroatoms. The Hall–Kier alpha value is -2.78. The second kappa shape index (κ2) is 7.57. The third-order valence-corrected chi connectivity index (χ3v) is 4.98. The average Bonchev–Trinajstić information content (AvgIpc) is 3.01. The summed E-state index contributed by atoms with van der Waals surface area (Å²) in [4.78, 5) is 2.08. The fourth-order valence-corrected chi connectivity index (χ4v) is 3.74. The van der Waals surface area contributed by atoms with Gasteiger partial charge in [0.25, 0.3) is 0 Å². The highest BCUT2D eigenvalue weighted by atomic mass is 19.3. The van der Waals surface area contributed by atoms with Crippen molar-refractivity contribution in [2.24, 2.45) is 0 Å². The van der Waals surface area contributed by atoms with Gasteiger partial charge >= 0.3 is 6.29 Å². The lowest BCUT2D eigenvalue weighted by Gasteiger charge is -2.36. The van der Waals surface area contributed by atoms with Crippen molar-refractivity contribution in [1.29, 1.82) is 0 Å². The van der Waals surface area contributed by atoms with E-state index < -0.39 is 12.3 Å². The molecule has 7 nitrogen and oxygen atoms in total. The molecule has 2 heterocycles. The van der Waals surface area contributed by atoms with Gasteiger partial charge in [-0.3, -0.25) is 4.90 Å². The van der Waals surface area contributed by atoms with E-state index in [1.54, 1.807) is 6.07 Å². The first kappa shape index (κ1) is 19.5. The lowest BCUT2D eigenvalue weighted by Crippen LogP contribution is -2.39. The molecule has 0 amide bonds. The molecular formula is C20H21F2NO6. The van der Waals surface area contributed by atoms with Gasteiger partial charge in [0.1, 0.15) is 5.75 Å². The molecule has 0 spiro atoms. The Morgan fingerprint density at radius 3 is 2.38 bits per heavy atom.